The van der Waals surface area contributed by atoms with Gasteiger partial charge in [0, 0.05) is 24.3 Å². The van der Waals surface area contributed by atoms with Crippen LogP contribution in [0, 0.1) is 13.8 Å². The molecule has 0 saturated carbocycles. The van der Waals surface area contributed by atoms with Crippen molar-refractivity contribution in [1.82, 2.24) is 4.90 Å². The second kappa shape index (κ2) is 5.14. The van der Waals surface area contributed by atoms with Gasteiger partial charge >= 0.3 is 0 Å². The maximum atomic E-state index is 9.61. The molecule has 19 heavy (non-hydrogen) atoms. The van der Waals surface area contributed by atoms with Crippen LogP contribution in [0.15, 0.2) is 18.2 Å². The SMILES string of the molecule is Cc1cccc(N2CC(CO)N(C)C(C)(C)C2)c1C. The smallest absolute Gasteiger partial charge is 0.0604 e. The largest absolute Gasteiger partial charge is 0.395 e. The zero-order chi connectivity index (χ0) is 14.2. The number of aryl methyl sites for hydroxylation is 1. The molecule has 1 unspecified atom stereocenters. The molecule has 0 radical (unpaired) electrons. The number of rotatable bonds is 2. The number of nitrogens with zero attached hydrogens (tertiary/aromatic N) is 2. The van der Waals surface area contributed by atoms with Crippen molar-refractivity contribution in [3.8, 4) is 0 Å². The average molecular weight is 262 g/mol. The van der Waals surface area contributed by atoms with Gasteiger partial charge in [-0.2, -0.15) is 0 Å². The first kappa shape index (κ1) is 14.4. The van der Waals surface area contributed by atoms with Crippen molar-refractivity contribution in [3.05, 3.63) is 29.3 Å². The Morgan fingerprint density at radius 3 is 2.63 bits per heavy atom. The molecular formula is C16H26N2O. The van der Waals surface area contributed by atoms with Crippen molar-refractivity contribution in [2.24, 2.45) is 0 Å². The van der Waals surface area contributed by atoms with Crippen molar-refractivity contribution in [3.63, 3.8) is 0 Å². The molecule has 3 nitrogen and oxygen atoms in total. The standard InChI is InChI=1S/C16H26N2O/c1-12-7-6-8-15(13(12)2)18-9-14(10-19)17(5)16(3,4)11-18/h6-8,14,19H,9-11H2,1-5H3. The Hall–Kier alpha value is -1.06. The van der Waals surface area contributed by atoms with Crippen molar-refractivity contribution in [1.29, 1.82) is 0 Å². The monoisotopic (exact) mass is 262 g/mol. The summed E-state index contributed by atoms with van der Waals surface area (Å²) in [6.07, 6.45) is 0. The van der Waals surface area contributed by atoms with E-state index in [4.69, 9.17) is 0 Å². The van der Waals surface area contributed by atoms with E-state index in [-0.39, 0.29) is 18.2 Å². The van der Waals surface area contributed by atoms with Gasteiger partial charge in [0.25, 0.3) is 0 Å². The van der Waals surface area contributed by atoms with E-state index in [0.29, 0.717) is 0 Å². The van der Waals surface area contributed by atoms with E-state index in [1.54, 1.807) is 0 Å². The molecule has 0 aliphatic carbocycles. The van der Waals surface area contributed by atoms with Gasteiger partial charge in [-0.1, -0.05) is 12.1 Å². The summed E-state index contributed by atoms with van der Waals surface area (Å²) in [4.78, 5) is 4.72. The van der Waals surface area contributed by atoms with Gasteiger partial charge in [0.05, 0.1) is 12.6 Å². The quantitative estimate of drug-likeness (QED) is 0.885. The van der Waals surface area contributed by atoms with E-state index in [1.165, 1.54) is 16.8 Å². The first-order valence-electron chi connectivity index (χ1n) is 7.02. The van der Waals surface area contributed by atoms with Gasteiger partial charge in [0.2, 0.25) is 0 Å². The minimum atomic E-state index is 0.0713. The van der Waals surface area contributed by atoms with Gasteiger partial charge in [-0.05, 0) is 51.9 Å². The summed E-state index contributed by atoms with van der Waals surface area (Å²) >= 11 is 0. The second-order valence-electron chi connectivity index (χ2n) is 6.36. The molecule has 1 fully saturated rings. The molecule has 1 heterocycles. The Morgan fingerprint density at radius 1 is 1.32 bits per heavy atom. The van der Waals surface area contributed by atoms with Crippen LogP contribution in [0.1, 0.15) is 25.0 Å². The Balaban J connectivity index is 2.33. The van der Waals surface area contributed by atoms with Crippen molar-refractivity contribution >= 4 is 5.69 Å². The van der Waals surface area contributed by atoms with Gasteiger partial charge in [-0.3, -0.25) is 4.90 Å². The maximum absolute atomic E-state index is 9.61. The number of likely N-dealkylation sites (N-methyl/N-ethyl adjacent to an activating group) is 1. The highest BCUT2D eigenvalue weighted by Crippen LogP contribution is 2.30. The lowest BCUT2D eigenvalue weighted by molar-refractivity contribution is 0.0455. The minimum Gasteiger partial charge on any atom is -0.395 e. The van der Waals surface area contributed by atoms with Crippen LogP contribution in [-0.2, 0) is 0 Å². The molecule has 1 atom stereocenters. The third-order valence-corrected chi connectivity index (χ3v) is 4.64. The Kier molecular flexibility index (Phi) is 3.88. The molecule has 1 saturated heterocycles. The lowest BCUT2D eigenvalue weighted by Crippen LogP contribution is -2.63. The maximum Gasteiger partial charge on any atom is 0.0604 e. The average Bonchev–Trinajstić information content (AvgIpc) is 2.36. The van der Waals surface area contributed by atoms with Crippen LogP contribution in [0.3, 0.4) is 0 Å². The van der Waals surface area contributed by atoms with Crippen molar-refractivity contribution < 1.29 is 5.11 Å². The highest BCUT2D eigenvalue weighted by molar-refractivity contribution is 5.56. The van der Waals surface area contributed by atoms with Crippen LogP contribution in [0.4, 0.5) is 5.69 Å². The molecule has 1 N–H and O–H groups in total. The summed E-state index contributed by atoms with van der Waals surface area (Å²) < 4.78 is 0. The number of hydrogen-bond donors (Lipinski definition) is 1. The molecule has 3 heteroatoms. The summed E-state index contributed by atoms with van der Waals surface area (Å²) in [5.74, 6) is 0. The van der Waals surface area contributed by atoms with Gasteiger partial charge in [0.15, 0.2) is 0 Å². The van der Waals surface area contributed by atoms with Crippen LogP contribution in [0.2, 0.25) is 0 Å². The Bertz CT molecular complexity index is 456. The molecule has 1 aromatic carbocycles. The molecule has 0 spiro atoms. The normalized spacial score (nSPS) is 23.7. The first-order valence-corrected chi connectivity index (χ1v) is 7.02. The zero-order valence-electron chi connectivity index (χ0n) is 12.8. The van der Waals surface area contributed by atoms with Crippen LogP contribution in [0.25, 0.3) is 0 Å². The summed E-state index contributed by atoms with van der Waals surface area (Å²) in [6.45, 7) is 10.9. The summed E-state index contributed by atoms with van der Waals surface area (Å²) in [7, 11) is 2.11. The second-order valence-corrected chi connectivity index (χ2v) is 6.36. The van der Waals surface area contributed by atoms with E-state index >= 15 is 0 Å². The van der Waals surface area contributed by atoms with E-state index in [2.05, 4.69) is 62.7 Å². The summed E-state index contributed by atoms with van der Waals surface area (Å²) in [6, 6.07) is 6.67. The third-order valence-electron chi connectivity index (χ3n) is 4.64. The number of anilines is 1. The number of aliphatic hydroxyl groups excluding tert-OH is 1. The molecular weight excluding hydrogens is 236 g/mol. The molecule has 1 aliphatic rings. The highest BCUT2D eigenvalue weighted by atomic mass is 16.3. The molecule has 0 amide bonds. The molecule has 2 rings (SSSR count). The fourth-order valence-electron chi connectivity index (χ4n) is 2.96. The van der Waals surface area contributed by atoms with E-state index < -0.39 is 0 Å². The van der Waals surface area contributed by atoms with Crippen LogP contribution < -0.4 is 4.90 Å². The fraction of sp³-hybridized carbons (Fsp3) is 0.625. The minimum absolute atomic E-state index is 0.0713. The van der Waals surface area contributed by atoms with Crippen LogP contribution in [0.5, 0.6) is 0 Å². The molecule has 1 aromatic rings. The topological polar surface area (TPSA) is 26.7 Å². The Morgan fingerprint density at radius 2 is 2.00 bits per heavy atom. The van der Waals surface area contributed by atoms with Crippen LogP contribution in [-0.4, -0.2) is 48.3 Å². The third kappa shape index (κ3) is 2.63. The Labute approximate surface area is 116 Å². The van der Waals surface area contributed by atoms with Gasteiger partial charge in [0.1, 0.15) is 0 Å². The van der Waals surface area contributed by atoms with Gasteiger partial charge in [-0.25, -0.2) is 0 Å². The van der Waals surface area contributed by atoms with Crippen molar-refractivity contribution in [2.45, 2.75) is 39.3 Å². The van der Waals surface area contributed by atoms with Crippen LogP contribution >= 0.6 is 0 Å². The lowest BCUT2D eigenvalue weighted by atomic mass is 9.94. The van der Waals surface area contributed by atoms with E-state index in [9.17, 15) is 5.11 Å². The molecule has 106 valence electrons. The highest BCUT2D eigenvalue weighted by Gasteiger charge is 2.37. The number of hydrogen-bond acceptors (Lipinski definition) is 3. The molecule has 0 bridgehead atoms. The van der Waals surface area contributed by atoms with E-state index in [0.717, 1.165) is 13.1 Å². The van der Waals surface area contributed by atoms with E-state index in [1.807, 2.05) is 0 Å². The lowest BCUT2D eigenvalue weighted by Gasteiger charge is -2.50. The number of aliphatic hydroxyl groups is 1. The molecule has 0 aromatic heterocycles. The van der Waals surface area contributed by atoms with Crippen molar-refractivity contribution in [2.75, 3.05) is 31.6 Å². The summed E-state index contributed by atoms with van der Waals surface area (Å²) in [5, 5.41) is 9.61. The number of piperazine rings is 1. The van der Waals surface area contributed by atoms with Gasteiger partial charge < -0.3 is 10.0 Å². The molecule has 1 aliphatic heterocycles. The zero-order valence-corrected chi connectivity index (χ0v) is 12.8. The predicted octanol–water partition coefficient (Wildman–Crippen LogP) is 2.19. The summed E-state index contributed by atoms with van der Waals surface area (Å²) in [5.41, 5.74) is 4.05. The fourth-order valence-corrected chi connectivity index (χ4v) is 2.96. The predicted molar refractivity (Wildman–Crippen MR) is 80.8 cm³/mol. The number of benzene rings is 1. The first-order chi connectivity index (χ1) is 8.86. The van der Waals surface area contributed by atoms with Gasteiger partial charge in [-0.15, -0.1) is 0 Å².